The van der Waals surface area contributed by atoms with Gasteiger partial charge in [0, 0.05) is 24.1 Å². The van der Waals surface area contributed by atoms with E-state index in [9.17, 15) is 14.4 Å². The van der Waals surface area contributed by atoms with Crippen LogP contribution in [0.1, 0.15) is 42.4 Å². The highest BCUT2D eigenvalue weighted by atomic mass is 79.9. The molecule has 0 aliphatic rings. The Morgan fingerprint density at radius 1 is 1.11 bits per heavy atom. The zero-order valence-corrected chi connectivity index (χ0v) is 17.0. The first-order valence-electron chi connectivity index (χ1n) is 8.54. The van der Waals surface area contributed by atoms with Crippen molar-refractivity contribution < 1.29 is 14.4 Å². The average molecular weight is 435 g/mol. The molecule has 27 heavy (non-hydrogen) atoms. The van der Waals surface area contributed by atoms with Gasteiger partial charge in [0.25, 0.3) is 11.8 Å². The maximum atomic E-state index is 12.6. The maximum absolute atomic E-state index is 12.6. The van der Waals surface area contributed by atoms with E-state index in [4.69, 9.17) is 0 Å². The Balaban J connectivity index is 2.08. The lowest BCUT2D eigenvalue weighted by molar-refractivity contribution is -0.130. The van der Waals surface area contributed by atoms with Crippen molar-refractivity contribution in [3.8, 4) is 0 Å². The first-order chi connectivity index (χ1) is 12.8. The summed E-state index contributed by atoms with van der Waals surface area (Å²) in [5.74, 6) is -1.05. The van der Waals surface area contributed by atoms with Crippen molar-refractivity contribution >= 4 is 33.7 Å². The van der Waals surface area contributed by atoms with Gasteiger partial charge in [-0.05, 0) is 33.5 Å². The molecule has 1 aromatic carbocycles. The Labute approximate surface area is 166 Å². The van der Waals surface area contributed by atoms with E-state index in [-0.39, 0.29) is 11.8 Å². The van der Waals surface area contributed by atoms with Gasteiger partial charge >= 0.3 is 0 Å². The minimum absolute atomic E-state index is 0.167. The van der Waals surface area contributed by atoms with Gasteiger partial charge in [-0.2, -0.15) is 0 Å². The second-order valence-corrected chi connectivity index (χ2v) is 7.52. The van der Waals surface area contributed by atoms with Gasteiger partial charge in [-0.15, -0.1) is 0 Å². The summed E-state index contributed by atoms with van der Waals surface area (Å²) in [4.78, 5) is 37.1. The number of amides is 3. The third kappa shape index (κ3) is 5.96. The van der Waals surface area contributed by atoms with Crippen LogP contribution >= 0.6 is 15.9 Å². The normalized spacial score (nSPS) is 11.7. The lowest BCUT2D eigenvalue weighted by Gasteiger charge is -2.19. The molecule has 0 saturated carbocycles. The molecule has 0 fully saturated rings. The summed E-state index contributed by atoms with van der Waals surface area (Å²) in [6, 6.07) is 9.61. The predicted octanol–water partition coefficient (Wildman–Crippen LogP) is 2.45. The fraction of sp³-hybridized carbons (Fsp3) is 0.316. The largest absolute Gasteiger partial charge is 0.345 e. The van der Waals surface area contributed by atoms with E-state index < -0.39 is 17.9 Å². The Bertz CT molecular complexity index is 818. The molecular formula is C19H23BrN4O3. The topological polar surface area (TPSA) is 92.2 Å². The summed E-state index contributed by atoms with van der Waals surface area (Å²) in [5.41, 5.74) is 5.78. The standard InChI is InChI=1S/C19H23BrN4O3/c1-12(2)9-16(25)21-17(13-7-5-4-6-8-13)19(27)23-22-18(26)15-10-14(20)11-24(15)3/h4-8,10-12,17H,9H2,1-3H3,(H,21,25)(H,22,26)(H,23,27). The number of hydrogen-bond donors (Lipinski definition) is 3. The van der Waals surface area contributed by atoms with Gasteiger partial charge in [-0.1, -0.05) is 44.2 Å². The fourth-order valence-corrected chi connectivity index (χ4v) is 3.06. The molecule has 2 rings (SSSR count). The van der Waals surface area contributed by atoms with Crippen LogP contribution in [0, 0.1) is 5.92 Å². The fourth-order valence-electron chi connectivity index (χ4n) is 2.54. The minimum atomic E-state index is -0.905. The second-order valence-electron chi connectivity index (χ2n) is 6.61. The average Bonchev–Trinajstić information content (AvgIpc) is 2.95. The Hall–Kier alpha value is -2.61. The van der Waals surface area contributed by atoms with E-state index in [0.717, 1.165) is 4.47 Å². The van der Waals surface area contributed by atoms with Crippen LogP contribution in [-0.4, -0.2) is 22.3 Å². The van der Waals surface area contributed by atoms with Crippen LogP contribution in [-0.2, 0) is 16.6 Å². The van der Waals surface area contributed by atoms with Crippen LogP contribution in [0.2, 0.25) is 0 Å². The molecule has 1 heterocycles. The van der Waals surface area contributed by atoms with Gasteiger partial charge in [0.15, 0.2) is 0 Å². The molecule has 0 radical (unpaired) electrons. The number of hydrazine groups is 1. The third-order valence-corrected chi connectivity index (χ3v) is 4.23. The first-order valence-corrected chi connectivity index (χ1v) is 9.33. The van der Waals surface area contributed by atoms with Crippen molar-refractivity contribution in [2.45, 2.75) is 26.3 Å². The highest BCUT2D eigenvalue weighted by Crippen LogP contribution is 2.15. The number of halogens is 1. The van der Waals surface area contributed by atoms with E-state index in [1.165, 1.54) is 0 Å². The molecule has 0 spiro atoms. The van der Waals surface area contributed by atoms with Crippen LogP contribution in [0.5, 0.6) is 0 Å². The van der Waals surface area contributed by atoms with Gasteiger partial charge in [0.1, 0.15) is 11.7 Å². The summed E-state index contributed by atoms with van der Waals surface area (Å²) in [6.45, 7) is 3.85. The zero-order chi connectivity index (χ0) is 20.0. The van der Waals surface area contributed by atoms with E-state index in [1.807, 2.05) is 19.9 Å². The van der Waals surface area contributed by atoms with Gasteiger partial charge in [-0.3, -0.25) is 25.2 Å². The Morgan fingerprint density at radius 2 is 1.78 bits per heavy atom. The first kappa shape index (κ1) is 20.7. The SMILES string of the molecule is CC(C)CC(=O)NC(C(=O)NNC(=O)c1cc(Br)cn1C)c1ccccc1. The molecule has 7 nitrogen and oxygen atoms in total. The van der Waals surface area contributed by atoms with Gasteiger partial charge in [0.2, 0.25) is 5.91 Å². The molecule has 0 aliphatic heterocycles. The highest BCUT2D eigenvalue weighted by Gasteiger charge is 2.24. The van der Waals surface area contributed by atoms with Crippen LogP contribution in [0.4, 0.5) is 0 Å². The van der Waals surface area contributed by atoms with E-state index in [1.54, 1.807) is 48.1 Å². The summed E-state index contributed by atoms with van der Waals surface area (Å²) in [5, 5.41) is 2.73. The zero-order valence-electron chi connectivity index (χ0n) is 15.5. The number of aromatic nitrogens is 1. The molecule has 0 aliphatic carbocycles. The molecule has 1 aromatic heterocycles. The molecule has 1 atom stereocenters. The number of nitrogens with one attached hydrogen (secondary N) is 3. The minimum Gasteiger partial charge on any atom is -0.345 e. The van der Waals surface area contributed by atoms with Crippen LogP contribution < -0.4 is 16.2 Å². The Kier molecular flexibility index (Phi) is 7.18. The monoisotopic (exact) mass is 434 g/mol. The van der Waals surface area contributed by atoms with E-state index in [0.29, 0.717) is 17.7 Å². The van der Waals surface area contributed by atoms with Crippen LogP contribution in [0.15, 0.2) is 47.1 Å². The molecule has 8 heteroatoms. The molecule has 3 N–H and O–H groups in total. The molecule has 2 aromatic rings. The molecule has 0 bridgehead atoms. The number of benzene rings is 1. The molecular weight excluding hydrogens is 412 g/mol. The number of hydrogen-bond acceptors (Lipinski definition) is 3. The smallest absolute Gasteiger partial charge is 0.286 e. The summed E-state index contributed by atoms with van der Waals surface area (Å²) in [6.07, 6.45) is 2.04. The van der Waals surface area contributed by atoms with E-state index >= 15 is 0 Å². The van der Waals surface area contributed by atoms with Crippen molar-refractivity contribution in [2.75, 3.05) is 0 Å². The van der Waals surface area contributed by atoms with Crippen LogP contribution in [0.25, 0.3) is 0 Å². The molecule has 1 unspecified atom stereocenters. The van der Waals surface area contributed by atoms with Crippen molar-refractivity contribution in [2.24, 2.45) is 13.0 Å². The number of nitrogens with zero attached hydrogens (tertiary/aromatic N) is 1. The summed E-state index contributed by atoms with van der Waals surface area (Å²) in [7, 11) is 1.72. The number of carbonyl (C=O) groups is 3. The van der Waals surface area contributed by atoms with E-state index in [2.05, 4.69) is 32.1 Å². The molecule has 0 saturated heterocycles. The van der Waals surface area contributed by atoms with Gasteiger partial charge < -0.3 is 9.88 Å². The number of rotatable bonds is 6. The number of aryl methyl sites for hydroxylation is 1. The van der Waals surface area contributed by atoms with Crippen LogP contribution in [0.3, 0.4) is 0 Å². The quantitative estimate of drug-likeness (QED) is 0.609. The maximum Gasteiger partial charge on any atom is 0.286 e. The van der Waals surface area contributed by atoms with Crippen molar-refractivity contribution in [3.63, 3.8) is 0 Å². The lowest BCUT2D eigenvalue weighted by Crippen LogP contribution is -2.48. The van der Waals surface area contributed by atoms with Gasteiger partial charge in [0.05, 0.1) is 0 Å². The highest BCUT2D eigenvalue weighted by molar-refractivity contribution is 9.10. The third-order valence-electron chi connectivity index (χ3n) is 3.80. The predicted molar refractivity (Wildman–Crippen MR) is 106 cm³/mol. The summed E-state index contributed by atoms with van der Waals surface area (Å²) >= 11 is 3.30. The van der Waals surface area contributed by atoms with Gasteiger partial charge in [-0.25, -0.2) is 0 Å². The van der Waals surface area contributed by atoms with Crippen molar-refractivity contribution in [3.05, 3.63) is 58.3 Å². The number of carbonyl (C=O) groups excluding carboxylic acids is 3. The second kappa shape index (κ2) is 9.36. The molecule has 3 amide bonds. The van der Waals surface area contributed by atoms with Crippen molar-refractivity contribution in [1.29, 1.82) is 0 Å². The Morgan fingerprint density at radius 3 is 2.33 bits per heavy atom. The summed E-state index contributed by atoms with van der Waals surface area (Å²) < 4.78 is 2.38. The lowest BCUT2D eigenvalue weighted by atomic mass is 10.0. The molecule has 144 valence electrons. The van der Waals surface area contributed by atoms with Crippen molar-refractivity contribution in [1.82, 2.24) is 20.7 Å².